The molecule has 2 saturated carbocycles. The molecule has 0 saturated heterocycles. The van der Waals surface area contributed by atoms with Crippen LogP contribution in [0.1, 0.15) is 19.3 Å². The fourth-order valence-corrected chi connectivity index (χ4v) is 3.72. The minimum atomic E-state index is -3.80. The van der Waals surface area contributed by atoms with Crippen LogP contribution in [0.4, 0.5) is 11.4 Å². The van der Waals surface area contributed by atoms with Gasteiger partial charge in [0.1, 0.15) is 0 Å². The van der Waals surface area contributed by atoms with E-state index in [2.05, 4.69) is 10.0 Å². The summed E-state index contributed by atoms with van der Waals surface area (Å²) in [7, 11) is -3.80. The highest BCUT2D eigenvalue weighted by atomic mass is 32.2. The number of fused-ring (bicyclic) bond motifs is 1. The standard InChI is InChI=1S/C13H17N3O3S/c14-20(18,19)16-9-4-1-3-8(7-9)15-13(17)12-10-5-2-6-11(10)12/h1,3-4,7,10-12,16H,2,5-6H2,(H,15,17)(H2,14,18,19). The molecule has 6 nitrogen and oxygen atoms in total. The number of nitrogens with two attached hydrogens (primary N) is 1. The van der Waals surface area contributed by atoms with E-state index in [1.165, 1.54) is 6.42 Å². The van der Waals surface area contributed by atoms with Gasteiger partial charge in [0.15, 0.2) is 0 Å². The first-order valence-electron chi connectivity index (χ1n) is 6.65. The summed E-state index contributed by atoms with van der Waals surface area (Å²) in [6, 6.07) is 6.52. The van der Waals surface area contributed by atoms with Crippen LogP contribution < -0.4 is 15.2 Å². The maximum atomic E-state index is 12.1. The van der Waals surface area contributed by atoms with Gasteiger partial charge in [-0.3, -0.25) is 9.52 Å². The summed E-state index contributed by atoms with van der Waals surface area (Å²) in [5.74, 6) is 1.28. The molecule has 0 radical (unpaired) electrons. The maximum Gasteiger partial charge on any atom is 0.296 e. The van der Waals surface area contributed by atoms with E-state index in [4.69, 9.17) is 5.14 Å². The molecule has 1 aromatic carbocycles. The van der Waals surface area contributed by atoms with Gasteiger partial charge in [-0.25, -0.2) is 5.14 Å². The van der Waals surface area contributed by atoms with Crippen LogP contribution in [0.5, 0.6) is 0 Å². The number of nitrogens with one attached hydrogen (secondary N) is 2. The number of carbonyl (C=O) groups is 1. The number of hydrogen-bond donors (Lipinski definition) is 3. The van der Waals surface area contributed by atoms with Crippen molar-refractivity contribution in [1.29, 1.82) is 0 Å². The monoisotopic (exact) mass is 295 g/mol. The van der Waals surface area contributed by atoms with Gasteiger partial charge < -0.3 is 5.32 Å². The second-order valence-corrected chi connectivity index (χ2v) is 6.80. The minimum absolute atomic E-state index is 0.0347. The van der Waals surface area contributed by atoms with Crippen molar-refractivity contribution >= 4 is 27.5 Å². The van der Waals surface area contributed by atoms with Crippen LogP contribution in [0.2, 0.25) is 0 Å². The number of amides is 1. The number of hydrogen-bond acceptors (Lipinski definition) is 3. The first kappa shape index (κ1) is 13.4. The van der Waals surface area contributed by atoms with Crippen molar-refractivity contribution in [3.8, 4) is 0 Å². The van der Waals surface area contributed by atoms with Gasteiger partial charge in [-0.05, 0) is 42.9 Å². The van der Waals surface area contributed by atoms with Gasteiger partial charge in [-0.1, -0.05) is 12.5 Å². The molecule has 2 aliphatic carbocycles. The van der Waals surface area contributed by atoms with E-state index in [1.807, 2.05) is 0 Å². The van der Waals surface area contributed by atoms with Crippen LogP contribution in [0.15, 0.2) is 24.3 Å². The van der Waals surface area contributed by atoms with E-state index in [0.29, 0.717) is 23.2 Å². The van der Waals surface area contributed by atoms with Crippen molar-refractivity contribution < 1.29 is 13.2 Å². The fraction of sp³-hybridized carbons (Fsp3) is 0.462. The fourth-order valence-electron chi connectivity index (χ4n) is 3.26. The van der Waals surface area contributed by atoms with Crippen LogP contribution in [-0.4, -0.2) is 14.3 Å². The van der Waals surface area contributed by atoms with E-state index in [-0.39, 0.29) is 11.8 Å². The molecule has 2 atom stereocenters. The smallest absolute Gasteiger partial charge is 0.296 e. The van der Waals surface area contributed by atoms with Crippen molar-refractivity contribution in [2.45, 2.75) is 19.3 Å². The Balaban J connectivity index is 1.66. The van der Waals surface area contributed by atoms with E-state index in [0.717, 1.165) is 12.8 Å². The molecule has 2 aliphatic rings. The van der Waals surface area contributed by atoms with E-state index in [9.17, 15) is 13.2 Å². The third kappa shape index (κ3) is 2.78. The van der Waals surface area contributed by atoms with Gasteiger partial charge in [0.2, 0.25) is 5.91 Å². The summed E-state index contributed by atoms with van der Waals surface area (Å²) in [6.45, 7) is 0. The minimum Gasteiger partial charge on any atom is -0.326 e. The largest absolute Gasteiger partial charge is 0.326 e. The normalized spacial score (nSPS) is 27.8. The SMILES string of the molecule is NS(=O)(=O)Nc1cccc(NC(=O)C2C3CCCC32)c1. The van der Waals surface area contributed by atoms with E-state index in [1.54, 1.807) is 24.3 Å². The second kappa shape index (κ2) is 4.75. The summed E-state index contributed by atoms with van der Waals surface area (Å²) >= 11 is 0. The zero-order valence-corrected chi connectivity index (χ0v) is 11.7. The topological polar surface area (TPSA) is 101 Å². The highest BCUT2D eigenvalue weighted by Crippen LogP contribution is 2.57. The Morgan fingerprint density at radius 1 is 1.20 bits per heavy atom. The average Bonchev–Trinajstić information content (AvgIpc) is 2.82. The quantitative estimate of drug-likeness (QED) is 0.780. The molecule has 0 aliphatic heterocycles. The zero-order chi connectivity index (χ0) is 14.3. The maximum absolute atomic E-state index is 12.1. The lowest BCUT2D eigenvalue weighted by Gasteiger charge is -2.09. The summed E-state index contributed by atoms with van der Waals surface area (Å²) in [5.41, 5.74) is 0.912. The van der Waals surface area contributed by atoms with Crippen molar-refractivity contribution in [3.63, 3.8) is 0 Å². The Morgan fingerprint density at radius 2 is 1.85 bits per heavy atom. The molecule has 2 unspecified atom stereocenters. The Kier molecular flexibility index (Phi) is 3.18. The van der Waals surface area contributed by atoms with Crippen molar-refractivity contribution in [1.82, 2.24) is 0 Å². The Morgan fingerprint density at radius 3 is 2.50 bits per heavy atom. The molecule has 4 N–H and O–H groups in total. The van der Waals surface area contributed by atoms with Crippen LogP contribution in [0, 0.1) is 17.8 Å². The van der Waals surface area contributed by atoms with Gasteiger partial charge in [0, 0.05) is 11.6 Å². The molecule has 0 heterocycles. The van der Waals surface area contributed by atoms with Gasteiger partial charge in [-0.15, -0.1) is 0 Å². The molecule has 0 aromatic heterocycles. The molecule has 7 heteroatoms. The second-order valence-electron chi connectivity index (χ2n) is 5.50. The number of rotatable bonds is 4. The Labute approximate surface area is 117 Å². The number of carbonyl (C=O) groups excluding carboxylic acids is 1. The van der Waals surface area contributed by atoms with Crippen molar-refractivity contribution in [2.75, 3.05) is 10.0 Å². The number of anilines is 2. The van der Waals surface area contributed by atoms with Crippen molar-refractivity contribution in [2.24, 2.45) is 22.9 Å². The lowest BCUT2D eigenvalue weighted by molar-refractivity contribution is -0.118. The molecule has 1 amide bonds. The molecule has 108 valence electrons. The molecular formula is C13H17N3O3S. The van der Waals surface area contributed by atoms with Crippen LogP contribution in [0.3, 0.4) is 0 Å². The summed E-state index contributed by atoms with van der Waals surface area (Å²) < 4.78 is 24.1. The van der Waals surface area contributed by atoms with Crippen LogP contribution in [0.25, 0.3) is 0 Å². The summed E-state index contributed by atoms with van der Waals surface area (Å²) in [6.07, 6.45) is 3.53. The predicted molar refractivity (Wildman–Crippen MR) is 76.1 cm³/mol. The first-order valence-corrected chi connectivity index (χ1v) is 8.20. The van der Waals surface area contributed by atoms with Crippen molar-refractivity contribution in [3.05, 3.63) is 24.3 Å². The molecule has 3 rings (SSSR count). The van der Waals surface area contributed by atoms with E-state index < -0.39 is 10.2 Å². The first-order chi connectivity index (χ1) is 9.44. The zero-order valence-electron chi connectivity index (χ0n) is 10.9. The third-order valence-electron chi connectivity index (χ3n) is 4.10. The highest BCUT2D eigenvalue weighted by Gasteiger charge is 2.56. The summed E-state index contributed by atoms with van der Waals surface area (Å²) in [4.78, 5) is 12.1. The molecular weight excluding hydrogens is 278 g/mol. The highest BCUT2D eigenvalue weighted by molar-refractivity contribution is 7.90. The Bertz CT molecular complexity index is 634. The Hall–Kier alpha value is -1.60. The average molecular weight is 295 g/mol. The van der Waals surface area contributed by atoms with Crippen LogP contribution >= 0.6 is 0 Å². The molecule has 0 bridgehead atoms. The van der Waals surface area contributed by atoms with Crippen LogP contribution in [-0.2, 0) is 15.0 Å². The van der Waals surface area contributed by atoms with Gasteiger partial charge in [0.25, 0.3) is 10.2 Å². The molecule has 20 heavy (non-hydrogen) atoms. The predicted octanol–water partition coefficient (Wildman–Crippen LogP) is 1.29. The molecule has 0 spiro atoms. The molecule has 2 fully saturated rings. The molecule has 1 aromatic rings. The van der Waals surface area contributed by atoms with Gasteiger partial charge in [-0.2, -0.15) is 8.42 Å². The third-order valence-corrected chi connectivity index (χ3v) is 4.62. The lowest BCUT2D eigenvalue weighted by atomic mass is 10.1. The summed E-state index contributed by atoms with van der Waals surface area (Å²) in [5, 5.41) is 7.76. The van der Waals surface area contributed by atoms with Gasteiger partial charge in [0.05, 0.1) is 5.69 Å². The number of benzene rings is 1. The van der Waals surface area contributed by atoms with E-state index >= 15 is 0 Å². The van der Waals surface area contributed by atoms with Gasteiger partial charge >= 0.3 is 0 Å². The lowest BCUT2D eigenvalue weighted by Crippen LogP contribution is -2.22.